The molecule has 2 heterocycles. The van der Waals surface area contributed by atoms with Crippen LogP contribution in [-0.2, 0) is 0 Å². The lowest BCUT2D eigenvalue weighted by Gasteiger charge is -2.17. The van der Waals surface area contributed by atoms with Crippen LogP contribution in [0.25, 0.3) is 17.2 Å². The third-order valence-corrected chi connectivity index (χ3v) is 2.94. The van der Waals surface area contributed by atoms with Gasteiger partial charge in [0, 0.05) is 16.7 Å². The lowest BCUT2D eigenvalue weighted by molar-refractivity contribution is -2.00. The molecule has 0 N–H and O–H groups in total. The van der Waals surface area contributed by atoms with Crippen LogP contribution in [0.1, 0.15) is 0 Å². The fourth-order valence-corrected chi connectivity index (χ4v) is 2.11. The lowest BCUT2D eigenvalue weighted by atomic mass is 10.2. The molecular weight excluding hydrogens is 359 g/mol. The molecule has 0 aliphatic heterocycles. The molecule has 1 aromatic carbocycles. The molecule has 22 heavy (non-hydrogen) atoms. The highest BCUT2D eigenvalue weighted by atomic mass is 35.7. The molecule has 0 saturated carbocycles. The van der Waals surface area contributed by atoms with E-state index in [0.29, 0.717) is 21.6 Å². The van der Waals surface area contributed by atoms with E-state index in [1.165, 1.54) is 0 Å². The Bertz CT molecular complexity index is 749. The molecule has 10 heteroatoms. The minimum absolute atomic E-state index is 0.522. The first-order valence-corrected chi connectivity index (χ1v) is 7.56. The monoisotopic (exact) mass is 364 g/mol. The molecule has 116 valence electrons. The van der Waals surface area contributed by atoms with Gasteiger partial charge in [0.05, 0.1) is 5.02 Å². The summed E-state index contributed by atoms with van der Waals surface area (Å²) >= 11 is 12.0. The molecular formula is C12H7Cl3N2O5. The second kappa shape index (κ2) is 6.76. The van der Waals surface area contributed by atoms with Gasteiger partial charge in [-0.05, 0) is 23.2 Å². The van der Waals surface area contributed by atoms with Crippen LogP contribution in [0.4, 0.5) is 0 Å². The van der Waals surface area contributed by atoms with Crippen molar-refractivity contribution in [3.05, 3.63) is 52.9 Å². The zero-order valence-electron chi connectivity index (χ0n) is 10.6. The molecule has 0 atom stereocenters. The first kappa shape index (κ1) is 16.9. The standard InChI is InChI=1S/C12H7Cl2N2O.ClHO4/c13-8-2-3-9(10(14)6-8)11-7-16-5-1-4-15-12(16)17-11;2-1(3,4)5/h1-7H;(H,2,3,4,5)/q+1;/p-1. The number of fused-ring (bicyclic) bond motifs is 1. The number of benzene rings is 1. The van der Waals surface area contributed by atoms with Crippen LogP contribution in [-0.4, -0.2) is 4.98 Å². The van der Waals surface area contributed by atoms with E-state index in [1.54, 1.807) is 22.7 Å². The van der Waals surface area contributed by atoms with Crippen molar-refractivity contribution in [2.45, 2.75) is 0 Å². The Morgan fingerprint density at radius 2 is 1.82 bits per heavy atom. The number of oxazole rings is 1. The van der Waals surface area contributed by atoms with Crippen LogP contribution in [0.5, 0.6) is 0 Å². The molecule has 7 nitrogen and oxygen atoms in total. The van der Waals surface area contributed by atoms with Gasteiger partial charge in [-0.25, -0.2) is 18.6 Å². The van der Waals surface area contributed by atoms with Crippen molar-refractivity contribution in [3.8, 4) is 11.3 Å². The van der Waals surface area contributed by atoms with Crippen molar-refractivity contribution in [1.82, 2.24) is 4.98 Å². The van der Waals surface area contributed by atoms with E-state index < -0.39 is 10.2 Å². The molecule has 0 fully saturated rings. The smallest absolute Gasteiger partial charge is 0.384 e. The molecule has 3 aromatic rings. The highest BCUT2D eigenvalue weighted by Crippen LogP contribution is 2.30. The SMILES string of the molecule is Clc1ccc(-c2c[n+]3cccnc3o2)c(Cl)c1.[O-][Cl+3]([O-])([O-])[O-]. The number of hydrogen-bond acceptors (Lipinski definition) is 6. The zero-order valence-corrected chi connectivity index (χ0v) is 12.9. The Balaban J connectivity index is 0.000000309. The molecule has 2 aromatic heterocycles. The highest BCUT2D eigenvalue weighted by molar-refractivity contribution is 6.36. The van der Waals surface area contributed by atoms with Gasteiger partial charge in [-0.15, -0.1) is 10.2 Å². The van der Waals surface area contributed by atoms with E-state index in [1.807, 2.05) is 24.5 Å². The molecule has 0 radical (unpaired) electrons. The average Bonchev–Trinajstić information content (AvgIpc) is 2.79. The van der Waals surface area contributed by atoms with Gasteiger partial charge in [0.25, 0.3) is 0 Å². The minimum atomic E-state index is -4.94. The van der Waals surface area contributed by atoms with Gasteiger partial charge in [0.2, 0.25) is 0 Å². The van der Waals surface area contributed by atoms with E-state index in [0.717, 1.165) is 5.56 Å². The maximum atomic E-state index is 8.49. The molecule has 0 amide bonds. The van der Waals surface area contributed by atoms with E-state index in [2.05, 4.69) is 4.98 Å². The fraction of sp³-hybridized carbons (Fsp3) is 0. The first-order valence-electron chi connectivity index (χ1n) is 5.57. The minimum Gasteiger partial charge on any atom is -0.384 e. The summed E-state index contributed by atoms with van der Waals surface area (Å²) in [6.45, 7) is 0. The molecule has 0 unspecified atom stereocenters. The van der Waals surface area contributed by atoms with Gasteiger partial charge < -0.3 is 4.42 Å². The molecule has 0 aliphatic carbocycles. The summed E-state index contributed by atoms with van der Waals surface area (Å²) in [7, 11) is -4.94. The van der Waals surface area contributed by atoms with Crippen molar-refractivity contribution >= 4 is 29.0 Å². The van der Waals surface area contributed by atoms with Crippen LogP contribution < -0.4 is 23.0 Å². The normalized spacial score (nSPS) is 11.2. The van der Waals surface area contributed by atoms with Crippen LogP contribution in [0, 0.1) is 10.2 Å². The summed E-state index contributed by atoms with van der Waals surface area (Å²) in [4.78, 5) is 4.10. The van der Waals surface area contributed by atoms with Gasteiger partial charge in [-0.1, -0.05) is 23.2 Å². The number of hydrogen-bond donors (Lipinski definition) is 0. The quantitative estimate of drug-likeness (QED) is 0.490. The molecule has 0 spiro atoms. The van der Waals surface area contributed by atoms with Gasteiger partial charge in [0.15, 0.2) is 5.76 Å². The topological polar surface area (TPSA) is 122 Å². The number of nitrogens with zero attached hydrogens (tertiary/aromatic N) is 2. The van der Waals surface area contributed by atoms with E-state index in [-0.39, 0.29) is 0 Å². The van der Waals surface area contributed by atoms with Crippen molar-refractivity contribution in [3.63, 3.8) is 0 Å². The summed E-state index contributed by atoms with van der Waals surface area (Å²) in [5.41, 5.74) is 0.793. The van der Waals surface area contributed by atoms with Gasteiger partial charge in [-0.3, -0.25) is 0 Å². The zero-order chi connectivity index (χ0) is 16.3. The van der Waals surface area contributed by atoms with Gasteiger partial charge >= 0.3 is 5.84 Å². The predicted octanol–water partition coefficient (Wildman–Crippen LogP) is -1.37. The van der Waals surface area contributed by atoms with Crippen LogP contribution in [0.2, 0.25) is 10.0 Å². The number of rotatable bonds is 1. The van der Waals surface area contributed by atoms with Crippen molar-refractivity contribution in [1.29, 1.82) is 0 Å². The first-order chi connectivity index (χ1) is 10.2. The van der Waals surface area contributed by atoms with Crippen LogP contribution in [0.15, 0.2) is 47.3 Å². The van der Waals surface area contributed by atoms with Gasteiger partial charge in [-0.2, -0.15) is 4.40 Å². The maximum absolute atomic E-state index is 8.49. The van der Waals surface area contributed by atoms with Gasteiger partial charge in [0.1, 0.15) is 18.6 Å². The Morgan fingerprint density at radius 3 is 2.41 bits per heavy atom. The summed E-state index contributed by atoms with van der Waals surface area (Å²) < 4.78 is 41.4. The molecule has 0 aliphatic rings. The van der Waals surface area contributed by atoms with Crippen molar-refractivity contribution < 1.29 is 37.7 Å². The van der Waals surface area contributed by atoms with Crippen molar-refractivity contribution in [2.75, 3.05) is 0 Å². The maximum Gasteiger partial charge on any atom is 0.508 e. The largest absolute Gasteiger partial charge is 0.508 e. The Labute approximate surface area is 136 Å². The van der Waals surface area contributed by atoms with E-state index in [9.17, 15) is 0 Å². The third kappa shape index (κ3) is 4.79. The highest BCUT2D eigenvalue weighted by Gasteiger charge is 2.15. The Hall–Kier alpha value is -1.45. The summed E-state index contributed by atoms with van der Waals surface area (Å²) in [6.07, 6.45) is 5.36. The number of halogens is 3. The average molecular weight is 366 g/mol. The van der Waals surface area contributed by atoms with Crippen LogP contribution >= 0.6 is 23.2 Å². The summed E-state index contributed by atoms with van der Waals surface area (Å²) in [5.74, 6) is 1.18. The van der Waals surface area contributed by atoms with E-state index in [4.69, 9.17) is 46.3 Å². The summed E-state index contributed by atoms with van der Waals surface area (Å²) in [6, 6.07) is 7.11. The van der Waals surface area contributed by atoms with E-state index >= 15 is 0 Å². The van der Waals surface area contributed by atoms with Crippen molar-refractivity contribution in [2.24, 2.45) is 0 Å². The second-order valence-electron chi connectivity index (χ2n) is 3.91. The summed E-state index contributed by atoms with van der Waals surface area (Å²) in [5, 5.41) is 1.15. The third-order valence-electron chi connectivity index (χ3n) is 2.39. The Kier molecular flexibility index (Phi) is 5.20. The Morgan fingerprint density at radius 1 is 1.14 bits per heavy atom. The number of aromatic nitrogens is 2. The molecule has 0 saturated heterocycles. The molecule has 0 bridgehead atoms. The fourth-order valence-electron chi connectivity index (χ4n) is 1.61. The lowest BCUT2D eigenvalue weighted by Crippen LogP contribution is -2.68. The second-order valence-corrected chi connectivity index (χ2v) is 5.51. The predicted molar refractivity (Wildman–Crippen MR) is 65.1 cm³/mol. The van der Waals surface area contributed by atoms with Crippen LogP contribution in [0.3, 0.4) is 0 Å². The molecule has 3 rings (SSSR count).